The summed E-state index contributed by atoms with van der Waals surface area (Å²) in [7, 11) is 1.42. The molecule has 202 valence electrons. The van der Waals surface area contributed by atoms with Gasteiger partial charge in [0.1, 0.15) is 17.2 Å². The summed E-state index contributed by atoms with van der Waals surface area (Å²) in [5.41, 5.74) is -2.10. The molecule has 1 atom stereocenters. The number of aromatic nitrogens is 2. The van der Waals surface area contributed by atoms with E-state index in [9.17, 15) is 34.2 Å². The van der Waals surface area contributed by atoms with E-state index in [0.29, 0.717) is 0 Å². The molecule has 1 unspecified atom stereocenters. The fourth-order valence-corrected chi connectivity index (χ4v) is 3.64. The molecule has 1 aliphatic heterocycles. The molecule has 0 amide bonds. The normalized spacial score (nSPS) is 18.3. The number of allylic oxidation sites excluding steroid dienone is 2. The maximum absolute atomic E-state index is 13.2. The molecule has 0 aliphatic carbocycles. The highest BCUT2D eigenvalue weighted by atomic mass is 16.7. The smallest absolute Gasteiger partial charge is 0.348 e. The number of esters is 2. The number of aliphatic hydroxyl groups is 1. The Morgan fingerprint density at radius 2 is 1.76 bits per heavy atom. The quantitative estimate of drug-likeness (QED) is 0.257. The zero-order valence-corrected chi connectivity index (χ0v) is 21.1. The minimum Gasteiger partial charge on any atom is -0.494 e. The minimum absolute atomic E-state index is 0.0506. The monoisotopic (exact) mass is 528 g/mol. The van der Waals surface area contributed by atoms with Crippen LogP contribution < -0.4 is 11.2 Å². The molecular formula is C26H28N2O10. The standard InChI is InChI=1S/C26H28N2O10/c1-16(29)20(30)12-13-26(2)37-23(33)19(24(34)38-26)11-7-10-18-21(31)27(14-15-36-3)25(35)28(22(18)32)17-8-5-4-6-9-17/h4-11,16,29,31H,12-15H2,1-3H3/b10-7+,19-11?. The second kappa shape index (κ2) is 11.8. The summed E-state index contributed by atoms with van der Waals surface area (Å²) in [5, 5.41) is 20.0. The highest BCUT2D eigenvalue weighted by Gasteiger charge is 2.42. The number of hydrogen-bond donors (Lipinski definition) is 2. The Morgan fingerprint density at radius 3 is 2.34 bits per heavy atom. The van der Waals surface area contributed by atoms with E-state index in [2.05, 4.69) is 0 Å². The molecule has 12 heteroatoms. The van der Waals surface area contributed by atoms with Crippen molar-refractivity contribution in [3.8, 4) is 11.6 Å². The van der Waals surface area contributed by atoms with Crippen molar-refractivity contribution in [2.75, 3.05) is 13.7 Å². The van der Waals surface area contributed by atoms with Crippen molar-refractivity contribution in [1.82, 2.24) is 9.13 Å². The third kappa shape index (κ3) is 6.15. The number of aliphatic hydroxyl groups excluding tert-OH is 1. The zero-order chi connectivity index (χ0) is 28.0. The molecule has 2 heterocycles. The molecule has 0 saturated carbocycles. The van der Waals surface area contributed by atoms with Gasteiger partial charge in [0.05, 0.1) is 18.8 Å². The van der Waals surface area contributed by atoms with Crippen LogP contribution in [0.5, 0.6) is 5.88 Å². The summed E-state index contributed by atoms with van der Waals surface area (Å²) in [4.78, 5) is 62.8. The minimum atomic E-state index is -1.70. The SMILES string of the molecule is COCCn1c(O)c(/C=C/C=C2C(=O)OC(C)(CCC(=O)C(C)O)OC2=O)c(=O)n(-c2ccccc2)c1=O. The molecule has 1 saturated heterocycles. The number of ether oxygens (including phenoxy) is 3. The number of methoxy groups -OCH3 is 1. The molecule has 0 bridgehead atoms. The van der Waals surface area contributed by atoms with Gasteiger partial charge in [-0.1, -0.05) is 24.3 Å². The number of benzene rings is 1. The van der Waals surface area contributed by atoms with Crippen molar-refractivity contribution in [1.29, 1.82) is 0 Å². The van der Waals surface area contributed by atoms with Gasteiger partial charge in [-0.3, -0.25) is 14.2 Å². The van der Waals surface area contributed by atoms with Gasteiger partial charge in [-0.25, -0.2) is 19.0 Å². The fourth-order valence-electron chi connectivity index (χ4n) is 3.64. The lowest BCUT2D eigenvalue weighted by molar-refractivity contribution is -0.231. The molecule has 1 aromatic heterocycles. The van der Waals surface area contributed by atoms with E-state index in [1.807, 2.05) is 0 Å². The van der Waals surface area contributed by atoms with E-state index in [1.165, 1.54) is 21.0 Å². The average Bonchev–Trinajstić information content (AvgIpc) is 2.86. The third-order valence-corrected chi connectivity index (χ3v) is 5.76. The number of hydrogen-bond acceptors (Lipinski definition) is 10. The van der Waals surface area contributed by atoms with Crippen LogP contribution in [0.4, 0.5) is 0 Å². The number of aromatic hydroxyl groups is 1. The van der Waals surface area contributed by atoms with Crippen LogP contribution in [0.2, 0.25) is 0 Å². The van der Waals surface area contributed by atoms with Crippen molar-refractivity contribution >= 4 is 23.8 Å². The number of Topliss-reactive ketones (excluding diaryl/α,β-unsaturated/α-hetero) is 1. The molecule has 2 N–H and O–H groups in total. The van der Waals surface area contributed by atoms with Crippen molar-refractivity contribution in [2.45, 2.75) is 45.1 Å². The average molecular weight is 529 g/mol. The van der Waals surface area contributed by atoms with E-state index in [4.69, 9.17) is 14.2 Å². The first-order valence-electron chi connectivity index (χ1n) is 11.7. The fraction of sp³-hybridized carbons (Fsp3) is 0.346. The highest BCUT2D eigenvalue weighted by molar-refractivity contribution is 6.15. The van der Waals surface area contributed by atoms with Crippen LogP contribution >= 0.6 is 0 Å². The molecular weight excluding hydrogens is 500 g/mol. The molecule has 0 radical (unpaired) electrons. The number of ketones is 1. The molecule has 1 aromatic carbocycles. The van der Waals surface area contributed by atoms with Gasteiger partial charge < -0.3 is 24.4 Å². The molecule has 1 aliphatic rings. The second-order valence-corrected chi connectivity index (χ2v) is 8.63. The Bertz CT molecular complexity index is 1380. The Labute approximate surface area is 217 Å². The Hall–Kier alpha value is -4.29. The molecule has 1 fully saturated rings. The number of cyclic esters (lactones) is 2. The lowest BCUT2D eigenvalue weighted by Crippen LogP contribution is -2.44. The summed E-state index contributed by atoms with van der Waals surface area (Å²) in [6.07, 6.45) is 1.81. The van der Waals surface area contributed by atoms with Gasteiger partial charge in [0.15, 0.2) is 5.78 Å². The van der Waals surface area contributed by atoms with Gasteiger partial charge in [-0.2, -0.15) is 0 Å². The largest absolute Gasteiger partial charge is 0.494 e. The van der Waals surface area contributed by atoms with Crippen molar-refractivity contribution in [3.05, 3.63) is 74.5 Å². The van der Waals surface area contributed by atoms with Gasteiger partial charge >= 0.3 is 17.6 Å². The van der Waals surface area contributed by atoms with Crippen LogP contribution in [-0.2, 0) is 35.1 Å². The predicted molar refractivity (Wildman–Crippen MR) is 133 cm³/mol. The van der Waals surface area contributed by atoms with Crippen LogP contribution in [-0.4, -0.2) is 62.7 Å². The van der Waals surface area contributed by atoms with Crippen molar-refractivity contribution < 1.29 is 38.8 Å². The van der Waals surface area contributed by atoms with Crippen LogP contribution in [0.3, 0.4) is 0 Å². The number of carbonyl (C=O) groups excluding carboxylic acids is 3. The van der Waals surface area contributed by atoms with Gasteiger partial charge in [-0.15, -0.1) is 0 Å². The summed E-state index contributed by atoms with van der Waals surface area (Å²) >= 11 is 0. The Morgan fingerprint density at radius 1 is 1.13 bits per heavy atom. The van der Waals surface area contributed by atoms with Gasteiger partial charge in [0.25, 0.3) is 11.3 Å². The number of carbonyl (C=O) groups is 3. The maximum atomic E-state index is 13.2. The van der Waals surface area contributed by atoms with Crippen molar-refractivity contribution in [3.63, 3.8) is 0 Å². The van der Waals surface area contributed by atoms with E-state index < -0.39 is 52.3 Å². The number of para-hydroxylation sites is 1. The van der Waals surface area contributed by atoms with Crippen LogP contribution in [0.25, 0.3) is 11.8 Å². The van der Waals surface area contributed by atoms with Gasteiger partial charge in [0.2, 0.25) is 5.88 Å². The number of nitrogens with zero attached hydrogens (tertiary/aromatic N) is 2. The first-order chi connectivity index (χ1) is 18.0. The lowest BCUT2D eigenvalue weighted by Gasteiger charge is -2.33. The van der Waals surface area contributed by atoms with Crippen molar-refractivity contribution in [2.24, 2.45) is 0 Å². The third-order valence-electron chi connectivity index (χ3n) is 5.76. The lowest BCUT2D eigenvalue weighted by atomic mass is 10.0. The van der Waals surface area contributed by atoms with E-state index >= 15 is 0 Å². The molecule has 0 spiro atoms. The molecule has 38 heavy (non-hydrogen) atoms. The van der Waals surface area contributed by atoms with E-state index in [-0.39, 0.29) is 37.2 Å². The van der Waals surface area contributed by atoms with Gasteiger partial charge in [0, 0.05) is 26.9 Å². The summed E-state index contributed by atoms with van der Waals surface area (Å²) < 4.78 is 17.2. The Balaban J connectivity index is 1.94. The van der Waals surface area contributed by atoms with Gasteiger partial charge in [-0.05, 0) is 31.2 Å². The summed E-state index contributed by atoms with van der Waals surface area (Å²) in [5.74, 6) is -4.86. The number of rotatable bonds is 10. The first-order valence-corrected chi connectivity index (χ1v) is 11.7. The van der Waals surface area contributed by atoms with Crippen LogP contribution in [0.1, 0.15) is 32.3 Å². The molecule has 3 rings (SSSR count). The highest BCUT2D eigenvalue weighted by Crippen LogP contribution is 2.28. The topological polar surface area (TPSA) is 163 Å². The van der Waals surface area contributed by atoms with E-state index in [0.717, 1.165) is 27.4 Å². The van der Waals surface area contributed by atoms with Crippen LogP contribution in [0, 0.1) is 0 Å². The summed E-state index contributed by atoms with van der Waals surface area (Å²) in [6, 6.07) is 8.10. The molecule has 12 nitrogen and oxygen atoms in total. The predicted octanol–water partition coefficient (Wildman–Crippen LogP) is 0.837. The zero-order valence-electron chi connectivity index (χ0n) is 21.1. The molecule has 2 aromatic rings. The Kier molecular flexibility index (Phi) is 8.81. The maximum Gasteiger partial charge on any atom is 0.348 e. The second-order valence-electron chi connectivity index (χ2n) is 8.63. The summed E-state index contributed by atoms with van der Waals surface area (Å²) in [6.45, 7) is 2.64. The van der Waals surface area contributed by atoms with Crippen LogP contribution in [0.15, 0.2) is 57.6 Å². The first kappa shape index (κ1) is 28.3. The van der Waals surface area contributed by atoms with E-state index in [1.54, 1.807) is 30.3 Å².